The number of rotatable bonds is 6. The summed E-state index contributed by atoms with van der Waals surface area (Å²) in [6, 6.07) is 0. The van der Waals surface area contributed by atoms with Crippen LogP contribution in [0.4, 0.5) is 0 Å². The predicted molar refractivity (Wildman–Crippen MR) is 65.0 cm³/mol. The fourth-order valence-corrected chi connectivity index (χ4v) is 2.51. The molecule has 1 amide bonds. The summed E-state index contributed by atoms with van der Waals surface area (Å²) in [5.74, 6) is 2.64. The molecule has 1 unspecified atom stereocenters. The third kappa shape index (κ3) is 3.13. The van der Waals surface area contributed by atoms with Crippen molar-refractivity contribution in [1.82, 2.24) is 5.32 Å². The molecule has 15 heavy (non-hydrogen) atoms. The van der Waals surface area contributed by atoms with Crippen molar-refractivity contribution in [2.75, 3.05) is 12.3 Å². The van der Waals surface area contributed by atoms with E-state index in [9.17, 15) is 4.79 Å². The van der Waals surface area contributed by atoms with E-state index in [1.54, 1.807) is 0 Å². The summed E-state index contributed by atoms with van der Waals surface area (Å²) >= 11 is 4.31. The van der Waals surface area contributed by atoms with E-state index in [4.69, 9.17) is 0 Å². The molecule has 2 aliphatic rings. The first-order valence-electron chi connectivity index (χ1n) is 6.03. The van der Waals surface area contributed by atoms with Crippen LogP contribution in [0.2, 0.25) is 0 Å². The molecule has 2 aliphatic carbocycles. The molecule has 0 aromatic heterocycles. The van der Waals surface area contributed by atoms with E-state index >= 15 is 0 Å². The maximum Gasteiger partial charge on any atom is 0.220 e. The van der Waals surface area contributed by atoms with Crippen LogP contribution in [0.3, 0.4) is 0 Å². The summed E-state index contributed by atoms with van der Waals surface area (Å²) in [5.41, 5.74) is 0.260. The number of carbonyl (C=O) groups excluding carboxylic acids is 1. The van der Waals surface area contributed by atoms with Crippen molar-refractivity contribution in [3.63, 3.8) is 0 Å². The average molecular weight is 227 g/mol. The van der Waals surface area contributed by atoms with Gasteiger partial charge in [-0.15, -0.1) is 0 Å². The zero-order valence-corrected chi connectivity index (χ0v) is 10.4. The van der Waals surface area contributed by atoms with Gasteiger partial charge in [0.05, 0.1) is 0 Å². The average Bonchev–Trinajstić information content (AvgIpc) is 3.07. The van der Waals surface area contributed by atoms with Gasteiger partial charge in [0.15, 0.2) is 0 Å². The first-order chi connectivity index (χ1) is 7.15. The van der Waals surface area contributed by atoms with Crippen LogP contribution in [0.25, 0.3) is 0 Å². The highest BCUT2D eigenvalue weighted by Crippen LogP contribution is 2.49. The van der Waals surface area contributed by atoms with Crippen molar-refractivity contribution >= 4 is 18.5 Å². The summed E-state index contributed by atoms with van der Waals surface area (Å²) in [7, 11) is 0. The maximum absolute atomic E-state index is 11.7. The van der Waals surface area contributed by atoms with Crippen molar-refractivity contribution in [1.29, 1.82) is 0 Å². The Morgan fingerprint density at radius 3 is 2.67 bits per heavy atom. The van der Waals surface area contributed by atoms with Gasteiger partial charge in [-0.2, -0.15) is 12.6 Å². The molecule has 0 radical (unpaired) electrons. The van der Waals surface area contributed by atoms with Crippen LogP contribution in [0.5, 0.6) is 0 Å². The predicted octanol–water partition coefficient (Wildman–Crippen LogP) is 2.25. The van der Waals surface area contributed by atoms with Gasteiger partial charge < -0.3 is 5.32 Å². The molecule has 0 aromatic carbocycles. The molecule has 2 saturated carbocycles. The minimum Gasteiger partial charge on any atom is -0.356 e. The maximum atomic E-state index is 11.7. The van der Waals surface area contributed by atoms with Crippen LogP contribution in [-0.2, 0) is 4.79 Å². The van der Waals surface area contributed by atoms with E-state index in [2.05, 4.69) is 24.9 Å². The first kappa shape index (κ1) is 11.3. The summed E-state index contributed by atoms with van der Waals surface area (Å²) in [6.45, 7) is 3.11. The van der Waals surface area contributed by atoms with E-state index in [1.165, 1.54) is 25.7 Å². The normalized spacial score (nSPS) is 24.7. The second-order valence-corrected chi connectivity index (χ2v) is 5.77. The monoisotopic (exact) mass is 227 g/mol. The Morgan fingerprint density at radius 2 is 2.20 bits per heavy atom. The van der Waals surface area contributed by atoms with Crippen molar-refractivity contribution in [3.05, 3.63) is 0 Å². The Balaban J connectivity index is 1.64. The Labute approximate surface area is 97.6 Å². The standard InChI is InChI=1S/C12H21NOS/c1-9(10-2-3-10)7-13-11(14)6-12(8-15)4-5-12/h9-10,15H,2-8H2,1H3,(H,13,14). The number of nitrogens with one attached hydrogen (secondary N) is 1. The third-order valence-corrected chi connectivity index (χ3v) is 4.55. The lowest BCUT2D eigenvalue weighted by Gasteiger charge is -2.14. The molecule has 2 fully saturated rings. The van der Waals surface area contributed by atoms with Gasteiger partial charge in [0, 0.05) is 13.0 Å². The molecule has 3 heteroatoms. The van der Waals surface area contributed by atoms with Crippen molar-refractivity contribution in [3.8, 4) is 0 Å². The Kier molecular flexibility index (Phi) is 3.29. The summed E-state index contributed by atoms with van der Waals surface area (Å²) in [5, 5.41) is 3.06. The number of hydrogen-bond donors (Lipinski definition) is 2. The highest BCUT2D eigenvalue weighted by atomic mass is 32.1. The topological polar surface area (TPSA) is 29.1 Å². The Bertz CT molecular complexity index is 246. The highest BCUT2D eigenvalue weighted by Gasteiger charge is 2.42. The van der Waals surface area contributed by atoms with E-state index in [1.807, 2.05) is 0 Å². The zero-order valence-electron chi connectivity index (χ0n) is 9.46. The number of thiol groups is 1. The van der Waals surface area contributed by atoms with Crippen LogP contribution in [0, 0.1) is 17.3 Å². The molecule has 0 aliphatic heterocycles. The van der Waals surface area contributed by atoms with E-state index in [0.29, 0.717) is 12.3 Å². The van der Waals surface area contributed by atoms with Gasteiger partial charge in [-0.25, -0.2) is 0 Å². The second kappa shape index (κ2) is 4.36. The van der Waals surface area contributed by atoms with Gasteiger partial charge in [-0.05, 0) is 48.7 Å². The molecular weight excluding hydrogens is 206 g/mol. The highest BCUT2D eigenvalue weighted by molar-refractivity contribution is 7.80. The fraction of sp³-hybridized carbons (Fsp3) is 0.917. The molecule has 0 aromatic rings. The fourth-order valence-electron chi connectivity index (χ4n) is 2.08. The largest absolute Gasteiger partial charge is 0.356 e. The first-order valence-corrected chi connectivity index (χ1v) is 6.66. The second-order valence-electron chi connectivity index (χ2n) is 5.45. The van der Waals surface area contributed by atoms with Gasteiger partial charge in [0.1, 0.15) is 0 Å². The lowest BCUT2D eigenvalue weighted by atomic mass is 10.0. The lowest BCUT2D eigenvalue weighted by Crippen LogP contribution is -2.31. The molecule has 0 saturated heterocycles. The van der Waals surface area contributed by atoms with Gasteiger partial charge in [0.25, 0.3) is 0 Å². The van der Waals surface area contributed by atoms with Crippen LogP contribution in [-0.4, -0.2) is 18.2 Å². The number of carbonyl (C=O) groups is 1. The molecule has 2 nitrogen and oxygen atoms in total. The Morgan fingerprint density at radius 1 is 1.53 bits per heavy atom. The quantitative estimate of drug-likeness (QED) is 0.670. The van der Waals surface area contributed by atoms with E-state index in [-0.39, 0.29) is 11.3 Å². The molecule has 1 N–H and O–H groups in total. The molecule has 0 spiro atoms. The SMILES string of the molecule is CC(CNC(=O)CC1(CS)CC1)C1CC1. The molecule has 86 valence electrons. The van der Waals surface area contributed by atoms with E-state index in [0.717, 1.165) is 18.2 Å². The molecule has 0 heterocycles. The number of amides is 1. The molecule has 2 rings (SSSR count). The van der Waals surface area contributed by atoms with Gasteiger partial charge in [-0.1, -0.05) is 6.92 Å². The molecule has 0 bridgehead atoms. The van der Waals surface area contributed by atoms with Crippen molar-refractivity contribution in [2.45, 2.75) is 39.0 Å². The van der Waals surface area contributed by atoms with Gasteiger partial charge in [0.2, 0.25) is 5.91 Å². The molecule has 1 atom stereocenters. The van der Waals surface area contributed by atoms with Crippen LogP contribution < -0.4 is 5.32 Å². The van der Waals surface area contributed by atoms with Crippen LogP contribution in [0.15, 0.2) is 0 Å². The van der Waals surface area contributed by atoms with Crippen molar-refractivity contribution < 1.29 is 4.79 Å². The molecular formula is C12H21NOS. The van der Waals surface area contributed by atoms with Crippen molar-refractivity contribution in [2.24, 2.45) is 17.3 Å². The summed E-state index contributed by atoms with van der Waals surface area (Å²) in [4.78, 5) is 11.7. The van der Waals surface area contributed by atoms with Gasteiger partial charge in [-0.3, -0.25) is 4.79 Å². The van der Waals surface area contributed by atoms with Crippen LogP contribution in [0.1, 0.15) is 39.0 Å². The minimum absolute atomic E-state index is 0.231. The minimum atomic E-state index is 0.231. The smallest absolute Gasteiger partial charge is 0.220 e. The van der Waals surface area contributed by atoms with E-state index < -0.39 is 0 Å². The van der Waals surface area contributed by atoms with Crippen LogP contribution >= 0.6 is 12.6 Å². The Hall–Kier alpha value is -0.180. The lowest BCUT2D eigenvalue weighted by molar-refractivity contribution is -0.122. The summed E-state index contributed by atoms with van der Waals surface area (Å²) < 4.78 is 0. The number of hydrogen-bond acceptors (Lipinski definition) is 2. The van der Waals surface area contributed by atoms with Gasteiger partial charge >= 0.3 is 0 Å². The summed E-state index contributed by atoms with van der Waals surface area (Å²) in [6.07, 6.45) is 5.77. The zero-order chi connectivity index (χ0) is 10.9. The third-order valence-electron chi connectivity index (χ3n) is 3.88.